The number of hydrogen-bond acceptors (Lipinski definition) is 4. The van der Waals surface area contributed by atoms with Crippen molar-refractivity contribution < 1.29 is 9.53 Å². The van der Waals surface area contributed by atoms with Crippen LogP contribution in [-0.4, -0.2) is 29.2 Å². The van der Waals surface area contributed by atoms with Gasteiger partial charge in [-0.15, -0.1) is 0 Å². The molecule has 0 aromatic carbocycles. The Labute approximate surface area is 82.9 Å². The zero-order valence-electron chi connectivity index (χ0n) is 8.27. The molecule has 0 radical (unpaired) electrons. The number of esters is 1. The van der Waals surface area contributed by atoms with Gasteiger partial charge < -0.3 is 15.0 Å². The van der Waals surface area contributed by atoms with E-state index in [1.54, 1.807) is 12.5 Å². The number of nitrogens with zero attached hydrogens (tertiary/aromatic N) is 2. The molecule has 14 heavy (non-hydrogen) atoms. The van der Waals surface area contributed by atoms with Crippen LogP contribution in [0.1, 0.15) is 12.1 Å². The van der Waals surface area contributed by atoms with Gasteiger partial charge in [0.05, 0.1) is 19.9 Å². The fraction of sp³-hybridized carbons (Fsp3) is 0.556. The van der Waals surface area contributed by atoms with E-state index >= 15 is 0 Å². The molecule has 78 valence electrons. The topological polar surface area (TPSA) is 70.1 Å². The molecule has 1 rings (SSSR count). The van der Waals surface area contributed by atoms with Crippen LogP contribution in [-0.2, 0) is 22.5 Å². The standard InChI is InChI=1S/C9H15N3O2/c1-14-9(13)3-5-12-7-11-6-8(12)2-4-10/h6-7H,2-5,10H2,1H3. The summed E-state index contributed by atoms with van der Waals surface area (Å²) in [6.07, 6.45) is 4.61. The van der Waals surface area contributed by atoms with Crippen LogP contribution in [0.5, 0.6) is 0 Å². The summed E-state index contributed by atoms with van der Waals surface area (Å²) in [6.45, 7) is 1.19. The van der Waals surface area contributed by atoms with Crippen LogP contribution >= 0.6 is 0 Å². The lowest BCUT2D eigenvalue weighted by atomic mass is 10.3. The number of nitrogens with two attached hydrogens (primary N) is 1. The zero-order valence-corrected chi connectivity index (χ0v) is 8.27. The maximum absolute atomic E-state index is 10.9. The number of ether oxygens (including phenoxy) is 1. The minimum Gasteiger partial charge on any atom is -0.469 e. The number of carbonyl (C=O) groups excluding carboxylic acids is 1. The Morgan fingerprint density at radius 1 is 1.71 bits per heavy atom. The first-order valence-electron chi connectivity index (χ1n) is 4.53. The van der Waals surface area contributed by atoms with E-state index in [0.717, 1.165) is 12.1 Å². The van der Waals surface area contributed by atoms with E-state index in [1.807, 2.05) is 4.57 Å². The Bertz CT molecular complexity index is 296. The lowest BCUT2D eigenvalue weighted by molar-refractivity contribution is -0.140. The van der Waals surface area contributed by atoms with Gasteiger partial charge in [-0.2, -0.15) is 0 Å². The number of carbonyl (C=O) groups is 1. The molecule has 5 heteroatoms. The molecule has 0 unspecified atom stereocenters. The summed E-state index contributed by atoms with van der Waals surface area (Å²) in [6, 6.07) is 0. The van der Waals surface area contributed by atoms with Gasteiger partial charge in [0.15, 0.2) is 0 Å². The van der Waals surface area contributed by atoms with Crippen LogP contribution in [0.15, 0.2) is 12.5 Å². The van der Waals surface area contributed by atoms with E-state index in [2.05, 4.69) is 9.72 Å². The maximum Gasteiger partial charge on any atom is 0.307 e. The monoisotopic (exact) mass is 197 g/mol. The summed E-state index contributed by atoms with van der Waals surface area (Å²) in [5, 5.41) is 0. The van der Waals surface area contributed by atoms with Crippen LogP contribution in [0, 0.1) is 0 Å². The fourth-order valence-corrected chi connectivity index (χ4v) is 1.22. The van der Waals surface area contributed by atoms with Crippen molar-refractivity contribution in [3.8, 4) is 0 Å². The molecule has 0 aliphatic rings. The summed E-state index contributed by atoms with van der Waals surface area (Å²) < 4.78 is 6.47. The van der Waals surface area contributed by atoms with Gasteiger partial charge in [-0.25, -0.2) is 4.98 Å². The summed E-state index contributed by atoms with van der Waals surface area (Å²) in [5.74, 6) is -0.211. The third-order valence-corrected chi connectivity index (χ3v) is 1.98. The number of aryl methyl sites for hydroxylation is 1. The smallest absolute Gasteiger partial charge is 0.307 e. The first kappa shape index (κ1) is 10.7. The third kappa shape index (κ3) is 2.85. The van der Waals surface area contributed by atoms with Crippen molar-refractivity contribution >= 4 is 5.97 Å². The van der Waals surface area contributed by atoms with E-state index in [1.165, 1.54) is 7.11 Å². The van der Waals surface area contributed by atoms with Crippen LogP contribution in [0.2, 0.25) is 0 Å². The lowest BCUT2D eigenvalue weighted by Gasteiger charge is -2.05. The predicted octanol–water partition coefficient (Wildman–Crippen LogP) is -0.0526. The number of rotatable bonds is 5. The molecule has 2 N–H and O–H groups in total. The van der Waals surface area contributed by atoms with Crippen molar-refractivity contribution in [1.29, 1.82) is 0 Å². The minimum atomic E-state index is -0.211. The number of hydrogen-bond donors (Lipinski definition) is 1. The van der Waals surface area contributed by atoms with E-state index in [4.69, 9.17) is 5.73 Å². The average Bonchev–Trinajstić information content (AvgIpc) is 2.62. The Hall–Kier alpha value is -1.36. The predicted molar refractivity (Wildman–Crippen MR) is 51.6 cm³/mol. The Morgan fingerprint density at radius 2 is 2.50 bits per heavy atom. The van der Waals surface area contributed by atoms with E-state index in [9.17, 15) is 4.79 Å². The van der Waals surface area contributed by atoms with Crippen LogP contribution in [0.25, 0.3) is 0 Å². The average molecular weight is 197 g/mol. The molecule has 1 aromatic heterocycles. The van der Waals surface area contributed by atoms with Gasteiger partial charge >= 0.3 is 5.97 Å². The van der Waals surface area contributed by atoms with Gasteiger partial charge in [0.25, 0.3) is 0 Å². The summed E-state index contributed by atoms with van der Waals surface area (Å²) in [5.41, 5.74) is 6.49. The van der Waals surface area contributed by atoms with Gasteiger partial charge in [-0.3, -0.25) is 4.79 Å². The zero-order chi connectivity index (χ0) is 10.4. The Balaban J connectivity index is 2.49. The van der Waals surface area contributed by atoms with Crippen molar-refractivity contribution in [3.63, 3.8) is 0 Å². The normalized spacial score (nSPS) is 10.1. The molecular weight excluding hydrogens is 182 g/mol. The molecule has 5 nitrogen and oxygen atoms in total. The second kappa shape index (κ2) is 5.39. The molecule has 0 saturated heterocycles. The number of methoxy groups -OCH3 is 1. The highest BCUT2D eigenvalue weighted by Crippen LogP contribution is 2.01. The molecule has 0 fully saturated rings. The molecule has 0 bridgehead atoms. The van der Waals surface area contributed by atoms with Gasteiger partial charge in [-0.1, -0.05) is 0 Å². The van der Waals surface area contributed by atoms with Crippen molar-refractivity contribution in [2.45, 2.75) is 19.4 Å². The second-order valence-corrected chi connectivity index (χ2v) is 2.94. The highest BCUT2D eigenvalue weighted by atomic mass is 16.5. The summed E-state index contributed by atoms with van der Waals surface area (Å²) in [4.78, 5) is 14.9. The van der Waals surface area contributed by atoms with Crippen molar-refractivity contribution in [2.24, 2.45) is 5.73 Å². The van der Waals surface area contributed by atoms with E-state index in [-0.39, 0.29) is 5.97 Å². The van der Waals surface area contributed by atoms with Crippen LogP contribution in [0.4, 0.5) is 0 Å². The molecule has 1 heterocycles. The van der Waals surface area contributed by atoms with Crippen molar-refractivity contribution in [3.05, 3.63) is 18.2 Å². The summed E-state index contributed by atoms with van der Waals surface area (Å²) in [7, 11) is 1.39. The van der Waals surface area contributed by atoms with Gasteiger partial charge in [0, 0.05) is 24.9 Å². The van der Waals surface area contributed by atoms with Crippen LogP contribution in [0.3, 0.4) is 0 Å². The van der Waals surface area contributed by atoms with Crippen molar-refractivity contribution in [2.75, 3.05) is 13.7 Å². The molecular formula is C9H15N3O2. The summed E-state index contributed by atoms with van der Waals surface area (Å²) >= 11 is 0. The highest BCUT2D eigenvalue weighted by molar-refractivity contribution is 5.68. The fourth-order valence-electron chi connectivity index (χ4n) is 1.22. The number of imidazole rings is 1. The molecule has 0 amide bonds. The van der Waals surface area contributed by atoms with Crippen LogP contribution < -0.4 is 5.73 Å². The van der Waals surface area contributed by atoms with E-state index < -0.39 is 0 Å². The maximum atomic E-state index is 10.9. The minimum absolute atomic E-state index is 0.211. The van der Waals surface area contributed by atoms with Gasteiger partial charge in [0.2, 0.25) is 0 Å². The SMILES string of the molecule is COC(=O)CCn1cncc1CCN. The largest absolute Gasteiger partial charge is 0.469 e. The van der Waals surface area contributed by atoms with Gasteiger partial charge in [0.1, 0.15) is 0 Å². The van der Waals surface area contributed by atoms with E-state index in [0.29, 0.717) is 19.5 Å². The third-order valence-electron chi connectivity index (χ3n) is 1.98. The van der Waals surface area contributed by atoms with Crippen molar-refractivity contribution in [1.82, 2.24) is 9.55 Å². The second-order valence-electron chi connectivity index (χ2n) is 2.94. The first-order chi connectivity index (χ1) is 6.77. The molecule has 0 aliphatic heterocycles. The molecule has 0 saturated carbocycles. The molecule has 1 aromatic rings. The number of aromatic nitrogens is 2. The highest BCUT2D eigenvalue weighted by Gasteiger charge is 2.04. The lowest BCUT2D eigenvalue weighted by Crippen LogP contribution is -2.11. The first-order valence-corrected chi connectivity index (χ1v) is 4.53. The van der Waals surface area contributed by atoms with Gasteiger partial charge in [-0.05, 0) is 6.54 Å². The molecule has 0 aliphatic carbocycles. The Morgan fingerprint density at radius 3 is 3.14 bits per heavy atom. The molecule has 0 atom stereocenters. The Kier molecular flexibility index (Phi) is 4.12. The quantitative estimate of drug-likeness (QED) is 0.672. The molecule has 0 spiro atoms.